The second-order valence-corrected chi connectivity index (χ2v) is 4.60. The van der Waals surface area contributed by atoms with E-state index in [1.807, 2.05) is 0 Å². The van der Waals surface area contributed by atoms with Crippen LogP contribution in [0.4, 0.5) is 8.78 Å². The molecule has 4 heteroatoms. The highest BCUT2D eigenvalue weighted by Gasteiger charge is 2.32. The molecule has 0 saturated heterocycles. The summed E-state index contributed by atoms with van der Waals surface area (Å²) in [6.45, 7) is 2.14. The topological polar surface area (TPSA) is 32.3 Å². The lowest BCUT2D eigenvalue weighted by atomic mass is 9.78. The molecule has 2 nitrogen and oxygen atoms in total. The Labute approximate surface area is 90.1 Å². The van der Waals surface area contributed by atoms with Gasteiger partial charge in [0.1, 0.15) is 0 Å². The van der Waals surface area contributed by atoms with Crippen LogP contribution in [0.3, 0.4) is 0 Å². The van der Waals surface area contributed by atoms with Crippen LogP contribution in [0.25, 0.3) is 0 Å². The highest BCUT2D eigenvalue weighted by Crippen LogP contribution is 2.33. The van der Waals surface area contributed by atoms with Crippen LogP contribution in [0.1, 0.15) is 39.0 Å². The van der Waals surface area contributed by atoms with E-state index >= 15 is 0 Å². The molecular weight excluding hydrogens is 200 g/mol. The first kappa shape index (κ1) is 12.8. The maximum Gasteiger partial charge on any atom is 0.250 e. The molecule has 90 valence electrons. The molecule has 0 aromatic carbocycles. The Morgan fingerprint density at radius 3 is 2.47 bits per heavy atom. The minimum absolute atomic E-state index is 0.299. The number of aliphatic hydroxyl groups is 1. The molecule has 1 aliphatic carbocycles. The lowest BCUT2D eigenvalue weighted by Gasteiger charge is -2.36. The van der Waals surface area contributed by atoms with E-state index in [9.17, 15) is 13.9 Å². The van der Waals surface area contributed by atoms with Gasteiger partial charge < -0.3 is 10.4 Å². The van der Waals surface area contributed by atoms with E-state index in [1.54, 1.807) is 0 Å². The molecule has 1 fully saturated rings. The lowest BCUT2D eigenvalue weighted by molar-refractivity contribution is -0.0112. The third-order valence-electron chi connectivity index (χ3n) is 3.37. The molecule has 1 saturated carbocycles. The normalized spacial score (nSPS) is 32.2. The van der Waals surface area contributed by atoms with Crippen molar-refractivity contribution in [3.05, 3.63) is 0 Å². The van der Waals surface area contributed by atoms with Crippen LogP contribution in [0.2, 0.25) is 0 Å². The van der Waals surface area contributed by atoms with Gasteiger partial charge in [-0.2, -0.15) is 0 Å². The van der Waals surface area contributed by atoms with E-state index in [4.69, 9.17) is 0 Å². The smallest absolute Gasteiger partial charge is 0.250 e. The quantitative estimate of drug-likeness (QED) is 0.745. The van der Waals surface area contributed by atoms with Gasteiger partial charge in [0.05, 0.1) is 12.1 Å². The molecule has 0 spiro atoms. The van der Waals surface area contributed by atoms with Crippen LogP contribution in [0, 0.1) is 5.92 Å². The van der Waals surface area contributed by atoms with Gasteiger partial charge >= 0.3 is 0 Å². The van der Waals surface area contributed by atoms with Gasteiger partial charge in [0, 0.05) is 6.54 Å². The third-order valence-corrected chi connectivity index (χ3v) is 3.37. The summed E-state index contributed by atoms with van der Waals surface area (Å²) >= 11 is 0. The van der Waals surface area contributed by atoms with Crippen molar-refractivity contribution < 1.29 is 13.9 Å². The van der Waals surface area contributed by atoms with Crippen molar-refractivity contribution in [2.45, 2.75) is 51.1 Å². The largest absolute Gasteiger partial charge is 0.389 e. The van der Waals surface area contributed by atoms with Crippen molar-refractivity contribution >= 4 is 0 Å². The predicted octanol–water partition coefficient (Wildman–Crippen LogP) is 2.17. The molecule has 0 heterocycles. The van der Waals surface area contributed by atoms with Crippen LogP contribution in [-0.2, 0) is 0 Å². The Morgan fingerprint density at radius 1 is 1.40 bits per heavy atom. The molecule has 0 atom stereocenters. The molecule has 0 radical (unpaired) electrons. The van der Waals surface area contributed by atoms with Gasteiger partial charge in [-0.3, -0.25) is 0 Å². The molecule has 0 aromatic rings. The maximum absolute atomic E-state index is 11.9. The fraction of sp³-hybridized carbons (Fsp3) is 1.00. The molecule has 0 aromatic heterocycles. The number of halogens is 2. The molecule has 15 heavy (non-hydrogen) atoms. The van der Waals surface area contributed by atoms with Crippen molar-refractivity contribution in [3.8, 4) is 0 Å². The van der Waals surface area contributed by atoms with E-state index in [1.165, 1.54) is 0 Å². The molecule has 0 unspecified atom stereocenters. The van der Waals surface area contributed by atoms with E-state index in [2.05, 4.69) is 12.2 Å². The van der Waals surface area contributed by atoms with Gasteiger partial charge in [-0.15, -0.1) is 0 Å². The van der Waals surface area contributed by atoms with Gasteiger partial charge in [-0.05, 0) is 31.6 Å². The maximum atomic E-state index is 11.9. The monoisotopic (exact) mass is 221 g/mol. The van der Waals surface area contributed by atoms with Crippen molar-refractivity contribution in [3.63, 3.8) is 0 Å². The molecule has 1 aliphatic rings. The molecule has 0 aliphatic heterocycles. The Hall–Kier alpha value is -0.220. The van der Waals surface area contributed by atoms with Crippen LogP contribution in [0.5, 0.6) is 0 Å². The minimum atomic E-state index is -2.33. The second-order valence-electron chi connectivity index (χ2n) is 4.60. The van der Waals surface area contributed by atoms with Crippen LogP contribution in [0.15, 0.2) is 0 Å². The van der Waals surface area contributed by atoms with Gasteiger partial charge in [-0.1, -0.05) is 13.3 Å². The minimum Gasteiger partial charge on any atom is -0.389 e. The van der Waals surface area contributed by atoms with Crippen molar-refractivity contribution in [1.29, 1.82) is 0 Å². The average molecular weight is 221 g/mol. The van der Waals surface area contributed by atoms with Gasteiger partial charge in [0.15, 0.2) is 0 Å². The Balaban J connectivity index is 2.22. The van der Waals surface area contributed by atoms with Gasteiger partial charge in [0.2, 0.25) is 0 Å². The highest BCUT2D eigenvalue weighted by atomic mass is 19.3. The fourth-order valence-corrected chi connectivity index (χ4v) is 2.21. The van der Waals surface area contributed by atoms with Crippen molar-refractivity contribution in [1.82, 2.24) is 5.32 Å². The summed E-state index contributed by atoms with van der Waals surface area (Å²) in [7, 11) is 0. The average Bonchev–Trinajstić information content (AvgIpc) is 2.18. The Bertz CT molecular complexity index is 179. The zero-order valence-corrected chi connectivity index (χ0v) is 9.31. The molecule has 2 N–H and O–H groups in total. The zero-order chi connectivity index (χ0) is 11.3. The predicted molar refractivity (Wildman–Crippen MR) is 56.1 cm³/mol. The summed E-state index contributed by atoms with van der Waals surface area (Å²) in [6.07, 6.45) is 2.33. The Kier molecular flexibility index (Phi) is 4.93. The lowest BCUT2D eigenvalue weighted by Crippen LogP contribution is -2.44. The number of alkyl halides is 2. The SMILES string of the molecule is CCC1CCC(O)(CNCC(F)F)CC1. The highest BCUT2D eigenvalue weighted by molar-refractivity contribution is 4.87. The van der Waals surface area contributed by atoms with Crippen LogP contribution >= 0.6 is 0 Å². The van der Waals surface area contributed by atoms with Crippen LogP contribution in [-0.4, -0.2) is 30.2 Å². The van der Waals surface area contributed by atoms with E-state index in [0.717, 1.165) is 32.1 Å². The Morgan fingerprint density at radius 2 is 2.00 bits per heavy atom. The number of hydrogen-bond donors (Lipinski definition) is 2. The zero-order valence-electron chi connectivity index (χ0n) is 9.31. The van der Waals surface area contributed by atoms with Crippen molar-refractivity contribution in [2.75, 3.05) is 13.1 Å². The standard InChI is InChI=1S/C11H21F2NO/c1-2-9-3-5-11(15,6-4-9)8-14-7-10(12)13/h9-10,14-15H,2-8H2,1H3. The summed E-state index contributed by atoms with van der Waals surface area (Å²) in [5.41, 5.74) is -0.749. The molecule has 0 bridgehead atoms. The number of hydrogen-bond acceptors (Lipinski definition) is 2. The summed E-state index contributed by atoms with van der Waals surface area (Å²) in [5, 5.41) is 12.7. The summed E-state index contributed by atoms with van der Waals surface area (Å²) in [4.78, 5) is 0. The third kappa shape index (κ3) is 4.43. The van der Waals surface area contributed by atoms with E-state index in [-0.39, 0.29) is 6.54 Å². The van der Waals surface area contributed by atoms with E-state index in [0.29, 0.717) is 12.5 Å². The van der Waals surface area contributed by atoms with Crippen molar-refractivity contribution in [2.24, 2.45) is 5.92 Å². The first-order valence-corrected chi connectivity index (χ1v) is 5.77. The summed E-state index contributed by atoms with van der Waals surface area (Å²) < 4.78 is 23.8. The first-order valence-electron chi connectivity index (χ1n) is 5.77. The van der Waals surface area contributed by atoms with E-state index < -0.39 is 12.0 Å². The summed E-state index contributed by atoms with van der Waals surface area (Å²) in [5.74, 6) is 0.709. The number of rotatable bonds is 5. The van der Waals surface area contributed by atoms with Gasteiger partial charge in [-0.25, -0.2) is 8.78 Å². The second kappa shape index (κ2) is 5.75. The molecular formula is C11H21F2NO. The molecule has 0 amide bonds. The summed E-state index contributed by atoms with van der Waals surface area (Å²) in [6, 6.07) is 0. The first-order chi connectivity index (χ1) is 7.06. The number of nitrogens with one attached hydrogen (secondary N) is 1. The van der Waals surface area contributed by atoms with Gasteiger partial charge in [0.25, 0.3) is 6.43 Å². The van der Waals surface area contributed by atoms with Crippen LogP contribution < -0.4 is 5.32 Å². The molecule has 1 rings (SSSR count). The fourth-order valence-electron chi connectivity index (χ4n) is 2.21.